The highest BCUT2D eigenvalue weighted by Gasteiger charge is 2.15. The zero-order chi connectivity index (χ0) is 16.8. The predicted molar refractivity (Wildman–Crippen MR) is 92.2 cm³/mol. The summed E-state index contributed by atoms with van der Waals surface area (Å²) in [5.74, 6) is 1.29. The maximum atomic E-state index is 12.2. The highest BCUT2D eigenvalue weighted by molar-refractivity contribution is 5.94. The molecule has 2 aromatic rings. The minimum atomic E-state index is -0.580. The van der Waals surface area contributed by atoms with Crippen LogP contribution in [0.2, 0.25) is 0 Å². The van der Waals surface area contributed by atoms with Gasteiger partial charge in [0.25, 0.3) is 5.91 Å². The predicted octanol–water partition coefficient (Wildman–Crippen LogP) is 4.11. The Hall–Kier alpha value is -2.49. The average molecular weight is 313 g/mol. The third-order valence-electron chi connectivity index (χ3n) is 3.59. The highest BCUT2D eigenvalue weighted by Crippen LogP contribution is 2.19. The Kier molecular flexibility index (Phi) is 5.63. The molecule has 0 heterocycles. The Morgan fingerprint density at radius 1 is 1.04 bits per heavy atom. The smallest absolute Gasteiger partial charge is 0.265 e. The second-order valence-corrected chi connectivity index (χ2v) is 5.45. The maximum Gasteiger partial charge on any atom is 0.265 e. The fraction of sp³-hybridized carbons (Fsp3) is 0.316. The number of aryl methyl sites for hydroxylation is 2. The third-order valence-corrected chi connectivity index (χ3v) is 3.59. The number of carbonyl (C=O) groups is 1. The molecular formula is C19H23NO3. The van der Waals surface area contributed by atoms with E-state index in [0.717, 1.165) is 11.3 Å². The second-order valence-electron chi connectivity index (χ2n) is 5.45. The van der Waals surface area contributed by atoms with Crippen molar-refractivity contribution in [2.75, 3.05) is 11.9 Å². The Labute approximate surface area is 137 Å². The van der Waals surface area contributed by atoms with Crippen LogP contribution in [0.25, 0.3) is 0 Å². The van der Waals surface area contributed by atoms with Crippen LogP contribution < -0.4 is 14.8 Å². The average Bonchev–Trinajstić information content (AvgIpc) is 2.53. The van der Waals surface area contributed by atoms with E-state index >= 15 is 0 Å². The van der Waals surface area contributed by atoms with Crippen LogP contribution in [-0.2, 0) is 4.79 Å². The van der Waals surface area contributed by atoms with E-state index in [1.165, 1.54) is 5.56 Å². The first-order valence-electron chi connectivity index (χ1n) is 7.77. The van der Waals surface area contributed by atoms with Crippen molar-refractivity contribution in [2.45, 2.75) is 33.8 Å². The molecule has 1 amide bonds. The number of benzene rings is 2. The largest absolute Gasteiger partial charge is 0.494 e. The maximum absolute atomic E-state index is 12.2. The fourth-order valence-electron chi connectivity index (χ4n) is 2.09. The number of anilines is 1. The van der Waals surface area contributed by atoms with Crippen molar-refractivity contribution >= 4 is 11.6 Å². The van der Waals surface area contributed by atoms with Gasteiger partial charge in [0.1, 0.15) is 11.5 Å². The van der Waals surface area contributed by atoms with E-state index in [9.17, 15) is 4.79 Å². The minimum Gasteiger partial charge on any atom is -0.494 e. The first-order chi connectivity index (χ1) is 11.0. The molecule has 0 aliphatic heterocycles. The van der Waals surface area contributed by atoms with Gasteiger partial charge in [-0.05, 0) is 75.2 Å². The Balaban J connectivity index is 1.95. The lowest BCUT2D eigenvalue weighted by Crippen LogP contribution is -2.30. The van der Waals surface area contributed by atoms with Crippen molar-refractivity contribution in [3.63, 3.8) is 0 Å². The Bertz CT molecular complexity index is 665. The summed E-state index contributed by atoms with van der Waals surface area (Å²) in [6.45, 7) is 8.35. The molecule has 0 radical (unpaired) electrons. The van der Waals surface area contributed by atoms with Gasteiger partial charge in [-0.15, -0.1) is 0 Å². The summed E-state index contributed by atoms with van der Waals surface area (Å²) in [4.78, 5) is 12.2. The summed E-state index contributed by atoms with van der Waals surface area (Å²) < 4.78 is 11.1. The lowest BCUT2D eigenvalue weighted by Gasteiger charge is -2.16. The lowest BCUT2D eigenvalue weighted by molar-refractivity contribution is -0.122. The van der Waals surface area contributed by atoms with Crippen LogP contribution in [0, 0.1) is 13.8 Å². The zero-order valence-electron chi connectivity index (χ0n) is 14.1. The van der Waals surface area contributed by atoms with Crippen LogP contribution in [0.4, 0.5) is 5.69 Å². The molecule has 0 unspecified atom stereocenters. The molecule has 2 aromatic carbocycles. The highest BCUT2D eigenvalue weighted by atomic mass is 16.5. The number of hydrogen-bond acceptors (Lipinski definition) is 3. The molecular weight excluding hydrogens is 290 g/mol. The van der Waals surface area contributed by atoms with Crippen molar-refractivity contribution in [1.29, 1.82) is 0 Å². The molecule has 0 bridgehead atoms. The van der Waals surface area contributed by atoms with Crippen LogP contribution in [-0.4, -0.2) is 18.6 Å². The molecule has 2 rings (SSSR count). The van der Waals surface area contributed by atoms with Gasteiger partial charge in [-0.2, -0.15) is 0 Å². The van der Waals surface area contributed by atoms with Crippen LogP contribution in [0.3, 0.4) is 0 Å². The summed E-state index contributed by atoms with van der Waals surface area (Å²) in [5.41, 5.74) is 3.06. The molecule has 4 heteroatoms. The number of amides is 1. The first kappa shape index (κ1) is 16.9. The summed E-state index contributed by atoms with van der Waals surface area (Å²) in [6.07, 6.45) is -0.580. The summed E-state index contributed by atoms with van der Waals surface area (Å²) in [5, 5.41) is 2.84. The Morgan fingerprint density at radius 2 is 1.70 bits per heavy atom. The van der Waals surface area contributed by atoms with Gasteiger partial charge in [-0.25, -0.2) is 0 Å². The molecule has 122 valence electrons. The molecule has 0 saturated heterocycles. The van der Waals surface area contributed by atoms with Crippen molar-refractivity contribution in [3.8, 4) is 11.5 Å². The number of ether oxygens (including phenoxy) is 2. The lowest BCUT2D eigenvalue weighted by atomic mass is 10.1. The molecule has 0 saturated carbocycles. The standard InChI is InChI=1S/C19H23NO3/c1-5-22-17-10-7-16(8-11-17)20-19(21)15(4)23-18-9-6-13(2)14(3)12-18/h6-12,15H,5H2,1-4H3,(H,20,21)/t15-/m1/s1. The molecule has 23 heavy (non-hydrogen) atoms. The van der Waals surface area contributed by atoms with E-state index in [1.807, 2.05) is 63.2 Å². The van der Waals surface area contributed by atoms with Crippen LogP contribution in [0.5, 0.6) is 11.5 Å². The van der Waals surface area contributed by atoms with Gasteiger partial charge >= 0.3 is 0 Å². The van der Waals surface area contributed by atoms with Crippen LogP contribution in [0.15, 0.2) is 42.5 Å². The van der Waals surface area contributed by atoms with E-state index in [-0.39, 0.29) is 5.91 Å². The number of carbonyl (C=O) groups excluding carboxylic acids is 1. The van der Waals surface area contributed by atoms with Crippen molar-refractivity contribution < 1.29 is 14.3 Å². The third kappa shape index (κ3) is 4.74. The van der Waals surface area contributed by atoms with E-state index in [2.05, 4.69) is 5.32 Å². The molecule has 1 atom stereocenters. The normalized spacial score (nSPS) is 11.7. The number of rotatable bonds is 6. The molecule has 0 fully saturated rings. The molecule has 4 nitrogen and oxygen atoms in total. The monoisotopic (exact) mass is 313 g/mol. The van der Waals surface area contributed by atoms with Gasteiger partial charge in [0, 0.05) is 5.69 Å². The van der Waals surface area contributed by atoms with E-state index in [4.69, 9.17) is 9.47 Å². The molecule has 0 aliphatic carbocycles. The van der Waals surface area contributed by atoms with Gasteiger partial charge in [-0.1, -0.05) is 6.07 Å². The van der Waals surface area contributed by atoms with E-state index in [0.29, 0.717) is 18.0 Å². The summed E-state index contributed by atoms with van der Waals surface area (Å²) >= 11 is 0. The fourth-order valence-corrected chi connectivity index (χ4v) is 2.09. The van der Waals surface area contributed by atoms with Crippen molar-refractivity contribution in [2.24, 2.45) is 0 Å². The summed E-state index contributed by atoms with van der Waals surface area (Å²) in [7, 11) is 0. The van der Waals surface area contributed by atoms with E-state index in [1.54, 1.807) is 6.92 Å². The van der Waals surface area contributed by atoms with Gasteiger partial charge < -0.3 is 14.8 Å². The van der Waals surface area contributed by atoms with Crippen LogP contribution in [0.1, 0.15) is 25.0 Å². The number of nitrogens with one attached hydrogen (secondary N) is 1. The van der Waals surface area contributed by atoms with Crippen molar-refractivity contribution in [1.82, 2.24) is 0 Å². The van der Waals surface area contributed by atoms with E-state index < -0.39 is 6.10 Å². The van der Waals surface area contributed by atoms with Crippen molar-refractivity contribution in [3.05, 3.63) is 53.6 Å². The van der Waals surface area contributed by atoms with Gasteiger partial charge in [0.15, 0.2) is 6.10 Å². The van der Waals surface area contributed by atoms with Gasteiger partial charge in [0.2, 0.25) is 0 Å². The van der Waals surface area contributed by atoms with Gasteiger partial charge in [-0.3, -0.25) is 4.79 Å². The topological polar surface area (TPSA) is 47.6 Å². The molecule has 0 aromatic heterocycles. The Morgan fingerprint density at radius 3 is 2.30 bits per heavy atom. The minimum absolute atomic E-state index is 0.188. The van der Waals surface area contributed by atoms with Gasteiger partial charge in [0.05, 0.1) is 6.61 Å². The molecule has 0 aliphatic rings. The SMILES string of the molecule is CCOc1ccc(NC(=O)[C@@H](C)Oc2ccc(C)c(C)c2)cc1. The molecule has 1 N–H and O–H groups in total. The molecule has 0 spiro atoms. The zero-order valence-corrected chi connectivity index (χ0v) is 14.1. The second kappa shape index (κ2) is 7.68. The summed E-state index contributed by atoms with van der Waals surface area (Å²) in [6, 6.07) is 13.1. The first-order valence-corrected chi connectivity index (χ1v) is 7.77. The van der Waals surface area contributed by atoms with Crippen LogP contribution >= 0.6 is 0 Å². The number of hydrogen-bond donors (Lipinski definition) is 1. The quantitative estimate of drug-likeness (QED) is 0.873.